The van der Waals surface area contributed by atoms with Crippen molar-refractivity contribution >= 4 is 0 Å². The van der Waals surface area contributed by atoms with Crippen LogP contribution in [0.2, 0.25) is 0 Å². The molecule has 0 aliphatic heterocycles. The molecule has 11 heavy (non-hydrogen) atoms. The molecule has 0 aromatic heterocycles. The van der Waals surface area contributed by atoms with E-state index in [1.807, 2.05) is 30.3 Å². The van der Waals surface area contributed by atoms with Gasteiger partial charge in [-0.2, -0.15) is 0 Å². The third kappa shape index (κ3) is 4.50. The molecule has 1 aromatic rings. The Hall–Kier alpha value is -0.900. The summed E-state index contributed by atoms with van der Waals surface area (Å²) in [5.74, 6) is 0. The predicted molar refractivity (Wildman–Crippen MR) is 44.0 cm³/mol. The van der Waals surface area contributed by atoms with Crippen LogP contribution in [0.4, 0.5) is 0 Å². The van der Waals surface area contributed by atoms with Crippen molar-refractivity contribution in [2.75, 3.05) is 7.05 Å². The molecule has 0 radical (unpaired) electrons. The Morgan fingerprint density at radius 1 is 1.27 bits per heavy atom. The zero-order chi connectivity index (χ0) is 8.53. The van der Waals surface area contributed by atoms with Gasteiger partial charge in [0, 0.05) is 0 Å². The van der Waals surface area contributed by atoms with Gasteiger partial charge in [-0.25, -0.2) is 4.89 Å². The van der Waals surface area contributed by atoms with Gasteiger partial charge in [0.15, 0.2) is 0 Å². The minimum absolute atomic E-state index is 0.265. The van der Waals surface area contributed by atoms with E-state index in [0.717, 1.165) is 5.56 Å². The van der Waals surface area contributed by atoms with Gasteiger partial charge in [0.05, 0.1) is 0 Å². The summed E-state index contributed by atoms with van der Waals surface area (Å²) in [6.07, 6.45) is 0. The van der Waals surface area contributed by atoms with Crippen LogP contribution in [-0.2, 0) is 11.5 Å². The Bertz CT molecular complexity index is 165. The minimum atomic E-state index is 0.265. The van der Waals surface area contributed by atoms with E-state index in [-0.39, 0.29) is 6.61 Å². The minimum Gasteiger partial charge on any atom is -0.333 e. The normalized spacial score (nSPS) is 8.27. The first kappa shape index (κ1) is 10.1. The molecule has 0 saturated carbocycles. The monoisotopic (exact) mass is 155 g/mol. The Balaban J connectivity index is 0.000000461. The summed E-state index contributed by atoms with van der Waals surface area (Å²) in [5, 5.41) is 8.02. The van der Waals surface area contributed by atoms with Gasteiger partial charge in [-0.15, -0.1) is 0 Å². The fraction of sp³-hybridized carbons (Fsp3) is 0.250. The lowest BCUT2D eigenvalue weighted by atomic mass is 10.2. The fourth-order valence-electron chi connectivity index (χ4n) is 0.649. The van der Waals surface area contributed by atoms with Gasteiger partial charge in [-0.3, -0.25) is 5.26 Å². The van der Waals surface area contributed by atoms with Crippen LogP contribution in [0.15, 0.2) is 30.3 Å². The maximum atomic E-state index is 8.02. The highest BCUT2D eigenvalue weighted by Crippen LogP contribution is 1.98. The van der Waals surface area contributed by atoms with Gasteiger partial charge >= 0.3 is 0 Å². The zero-order valence-corrected chi connectivity index (χ0v) is 6.53. The van der Waals surface area contributed by atoms with Gasteiger partial charge < -0.3 is 5.73 Å². The number of benzene rings is 1. The van der Waals surface area contributed by atoms with E-state index in [1.54, 1.807) is 0 Å². The summed E-state index contributed by atoms with van der Waals surface area (Å²) >= 11 is 0. The molecule has 0 unspecified atom stereocenters. The number of rotatable bonds is 2. The van der Waals surface area contributed by atoms with Crippen LogP contribution in [0.1, 0.15) is 5.56 Å². The van der Waals surface area contributed by atoms with Crippen molar-refractivity contribution < 1.29 is 10.1 Å². The zero-order valence-electron chi connectivity index (χ0n) is 6.53. The molecular weight excluding hydrogens is 142 g/mol. The Morgan fingerprint density at radius 3 is 2.27 bits per heavy atom. The molecule has 0 fully saturated rings. The molecule has 3 heteroatoms. The Labute approximate surface area is 66.3 Å². The van der Waals surface area contributed by atoms with Crippen LogP contribution in [0.5, 0.6) is 0 Å². The molecule has 0 amide bonds. The van der Waals surface area contributed by atoms with Crippen LogP contribution >= 0.6 is 0 Å². The topological polar surface area (TPSA) is 55.5 Å². The summed E-state index contributed by atoms with van der Waals surface area (Å²) in [5.41, 5.74) is 5.47. The summed E-state index contributed by atoms with van der Waals surface area (Å²) < 4.78 is 0. The first-order valence-electron chi connectivity index (χ1n) is 3.31. The summed E-state index contributed by atoms with van der Waals surface area (Å²) in [6.45, 7) is 0.265. The number of nitrogens with two attached hydrogens (primary N) is 1. The molecule has 62 valence electrons. The van der Waals surface area contributed by atoms with E-state index in [1.165, 1.54) is 7.05 Å². The van der Waals surface area contributed by atoms with Crippen LogP contribution < -0.4 is 5.73 Å². The SMILES string of the molecule is CN.OOCc1ccccc1. The van der Waals surface area contributed by atoms with E-state index < -0.39 is 0 Å². The average molecular weight is 155 g/mol. The molecule has 0 heterocycles. The van der Waals surface area contributed by atoms with Crippen molar-refractivity contribution in [3.8, 4) is 0 Å². The van der Waals surface area contributed by atoms with Crippen molar-refractivity contribution in [3.05, 3.63) is 35.9 Å². The summed E-state index contributed by atoms with van der Waals surface area (Å²) in [6, 6.07) is 9.48. The first-order chi connectivity index (χ1) is 5.43. The summed E-state index contributed by atoms with van der Waals surface area (Å²) in [4.78, 5) is 3.93. The van der Waals surface area contributed by atoms with E-state index in [4.69, 9.17) is 5.26 Å². The highest BCUT2D eigenvalue weighted by molar-refractivity contribution is 5.13. The van der Waals surface area contributed by atoms with Gasteiger partial charge in [-0.1, -0.05) is 30.3 Å². The molecular formula is C8H13NO2. The van der Waals surface area contributed by atoms with Gasteiger partial charge in [0.2, 0.25) is 0 Å². The third-order valence-electron chi connectivity index (χ3n) is 1.07. The standard InChI is InChI=1S/C7H8O2.CH5N/c8-9-6-7-4-2-1-3-5-7;1-2/h1-5,8H,6H2;2H2,1H3. The lowest BCUT2D eigenvalue weighted by molar-refractivity contribution is -0.253. The van der Waals surface area contributed by atoms with Crippen LogP contribution in [0.25, 0.3) is 0 Å². The van der Waals surface area contributed by atoms with Crippen molar-refractivity contribution in [3.63, 3.8) is 0 Å². The Morgan fingerprint density at radius 2 is 1.82 bits per heavy atom. The molecule has 0 aliphatic carbocycles. The number of hydrogen-bond acceptors (Lipinski definition) is 3. The largest absolute Gasteiger partial charge is 0.333 e. The van der Waals surface area contributed by atoms with Crippen molar-refractivity contribution in [1.29, 1.82) is 0 Å². The summed E-state index contributed by atoms with van der Waals surface area (Å²) in [7, 11) is 1.50. The Kier molecular flexibility index (Phi) is 6.62. The maximum absolute atomic E-state index is 8.02. The van der Waals surface area contributed by atoms with Crippen LogP contribution in [-0.4, -0.2) is 12.3 Å². The lowest BCUT2D eigenvalue weighted by Crippen LogP contribution is -1.84. The number of hydrogen-bond donors (Lipinski definition) is 2. The second-order valence-electron chi connectivity index (χ2n) is 1.76. The lowest BCUT2D eigenvalue weighted by Gasteiger charge is -1.93. The highest BCUT2D eigenvalue weighted by atomic mass is 17.1. The van der Waals surface area contributed by atoms with Crippen LogP contribution in [0, 0.1) is 0 Å². The van der Waals surface area contributed by atoms with Crippen LogP contribution in [0.3, 0.4) is 0 Å². The molecule has 0 spiro atoms. The first-order valence-corrected chi connectivity index (χ1v) is 3.31. The van der Waals surface area contributed by atoms with Crippen molar-refractivity contribution in [1.82, 2.24) is 0 Å². The van der Waals surface area contributed by atoms with E-state index >= 15 is 0 Å². The molecule has 3 N–H and O–H groups in total. The highest BCUT2D eigenvalue weighted by Gasteiger charge is 1.86. The van der Waals surface area contributed by atoms with Crippen molar-refractivity contribution in [2.45, 2.75) is 6.61 Å². The molecule has 1 rings (SSSR count). The van der Waals surface area contributed by atoms with Gasteiger partial charge in [-0.05, 0) is 12.6 Å². The van der Waals surface area contributed by atoms with Crippen molar-refractivity contribution in [2.24, 2.45) is 5.73 Å². The second-order valence-corrected chi connectivity index (χ2v) is 1.76. The molecule has 0 saturated heterocycles. The molecule has 0 bridgehead atoms. The smallest absolute Gasteiger partial charge is 0.107 e. The van der Waals surface area contributed by atoms with Gasteiger partial charge in [0.25, 0.3) is 0 Å². The molecule has 1 aromatic carbocycles. The molecule has 0 atom stereocenters. The molecule has 0 aliphatic rings. The van der Waals surface area contributed by atoms with E-state index in [2.05, 4.69) is 10.6 Å². The van der Waals surface area contributed by atoms with Gasteiger partial charge in [0.1, 0.15) is 6.61 Å². The fourth-order valence-corrected chi connectivity index (χ4v) is 0.649. The average Bonchev–Trinajstić information content (AvgIpc) is 2.11. The maximum Gasteiger partial charge on any atom is 0.107 e. The van der Waals surface area contributed by atoms with E-state index in [9.17, 15) is 0 Å². The quantitative estimate of drug-likeness (QED) is 0.499. The predicted octanol–water partition coefficient (Wildman–Crippen LogP) is 1.25. The molecule has 3 nitrogen and oxygen atoms in total. The third-order valence-corrected chi connectivity index (χ3v) is 1.07. The second kappa shape index (κ2) is 7.21. The van der Waals surface area contributed by atoms with E-state index in [0.29, 0.717) is 0 Å².